The van der Waals surface area contributed by atoms with Crippen LogP contribution in [-0.2, 0) is 14.2 Å². The maximum atomic E-state index is 5.57. The minimum Gasteiger partial charge on any atom is -0.355 e. The van der Waals surface area contributed by atoms with Gasteiger partial charge in [-0.3, -0.25) is 0 Å². The number of hydrogen-bond acceptors (Lipinski definition) is 3. The summed E-state index contributed by atoms with van der Waals surface area (Å²) in [6.45, 7) is 16.4. The molecule has 176 valence electrons. The normalized spacial score (nSPS) is 18.2. The van der Waals surface area contributed by atoms with E-state index < -0.39 is 0 Å². The van der Waals surface area contributed by atoms with Gasteiger partial charge in [-0.2, -0.15) is 0 Å². The maximum Gasteiger partial charge on any atom is 0.149 e. The standard InChI is InChI=1S/C24H48I2O3/c1-19(13-21(3)15-23(5)25)9-7-11-27-17-29-18-28-12-8-10-20(2)14-22(4)16-24(6)26/h19-24H,7-18H2,1-6H3. The van der Waals surface area contributed by atoms with Crippen molar-refractivity contribution in [3.05, 3.63) is 0 Å². The number of hydrogen-bond donors (Lipinski definition) is 0. The molecular weight excluding hydrogens is 590 g/mol. The number of alkyl halides is 2. The average Bonchev–Trinajstić information content (AvgIpc) is 2.57. The summed E-state index contributed by atoms with van der Waals surface area (Å²) >= 11 is 5.06. The summed E-state index contributed by atoms with van der Waals surface area (Å²) in [7, 11) is 0. The van der Waals surface area contributed by atoms with Crippen molar-refractivity contribution in [1.82, 2.24) is 0 Å². The van der Waals surface area contributed by atoms with Crippen molar-refractivity contribution in [3.63, 3.8) is 0 Å². The summed E-state index contributed by atoms with van der Waals surface area (Å²) in [5, 5.41) is 0. The van der Waals surface area contributed by atoms with Crippen LogP contribution >= 0.6 is 45.2 Å². The van der Waals surface area contributed by atoms with Crippen molar-refractivity contribution in [2.45, 2.75) is 101 Å². The number of ether oxygens (including phenoxy) is 3. The maximum absolute atomic E-state index is 5.57. The molecule has 0 saturated heterocycles. The molecule has 3 nitrogen and oxygen atoms in total. The number of rotatable bonds is 20. The van der Waals surface area contributed by atoms with Gasteiger partial charge < -0.3 is 14.2 Å². The van der Waals surface area contributed by atoms with Crippen molar-refractivity contribution in [1.29, 1.82) is 0 Å². The van der Waals surface area contributed by atoms with Gasteiger partial charge in [0.25, 0.3) is 0 Å². The first-order chi connectivity index (χ1) is 13.7. The fourth-order valence-electron chi connectivity index (χ4n) is 4.25. The van der Waals surface area contributed by atoms with Gasteiger partial charge in [-0.25, -0.2) is 0 Å². The summed E-state index contributed by atoms with van der Waals surface area (Å²) in [5.74, 6) is 3.21. The second-order valence-electron chi connectivity index (χ2n) is 9.47. The van der Waals surface area contributed by atoms with E-state index >= 15 is 0 Å². The first-order valence-electron chi connectivity index (χ1n) is 11.7. The van der Waals surface area contributed by atoms with E-state index in [1.807, 2.05) is 0 Å². The minimum absolute atomic E-state index is 0.347. The third-order valence-corrected chi connectivity index (χ3v) is 6.39. The highest BCUT2D eigenvalue weighted by molar-refractivity contribution is 14.1. The lowest BCUT2D eigenvalue weighted by atomic mass is 9.91. The van der Waals surface area contributed by atoms with Crippen LogP contribution in [0, 0.1) is 23.7 Å². The molecule has 0 aromatic heterocycles. The molecule has 0 spiro atoms. The van der Waals surface area contributed by atoms with Crippen LogP contribution in [-0.4, -0.2) is 34.6 Å². The molecule has 6 unspecified atom stereocenters. The van der Waals surface area contributed by atoms with Crippen molar-refractivity contribution in [3.8, 4) is 0 Å². The molecule has 0 aromatic rings. The van der Waals surface area contributed by atoms with Crippen LogP contribution < -0.4 is 0 Å². The molecule has 0 fully saturated rings. The highest BCUT2D eigenvalue weighted by Crippen LogP contribution is 2.23. The van der Waals surface area contributed by atoms with Crippen LogP contribution in [0.5, 0.6) is 0 Å². The van der Waals surface area contributed by atoms with Crippen LogP contribution in [0.1, 0.15) is 92.9 Å². The fourth-order valence-corrected chi connectivity index (χ4v) is 5.98. The molecule has 6 atom stereocenters. The van der Waals surface area contributed by atoms with Gasteiger partial charge in [0.2, 0.25) is 0 Å². The first kappa shape index (κ1) is 30.3. The van der Waals surface area contributed by atoms with Gasteiger partial charge in [0.05, 0.1) is 0 Å². The lowest BCUT2D eigenvalue weighted by molar-refractivity contribution is -0.132. The molecule has 0 aliphatic rings. The van der Waals surface area contributed by atoms with E-state index in [0.29, 0.717) is 13.6 Å². The lowest BCUT2D eigenvalue weighted by Gasteiger charge is -2.18. The van der Waals surface area contributed by atoms with Crippen LogP contribution in [0.4, 0.5) is 0 Å². The van der Waals surface area contributed by atoms with E-state index in [2.05, 4.69) is 86.7 Å². The van der Waals surface area contributed by atoms with E-state index in [9.17, 15) is 0 Å². The topological polar surface area (TPSA) is 27.7 Å². The largest absolute Gasteiger partial charge is 0.355 e. The highest BCUT2D eigenvalue weighted by atomic mass is 127. The molecule has 0 radical (unpaired) electrons. The van der Waals surface area contributed by atoms with Gasteiger partial charge in [0.1, 0.15) is 13.6 Å². The minimum atomic E-state index is 0.347. The third-order valence-electron chi connectivity index (χ3n) is 5.37. The van der Waals surface area contributed by atoms with Gasteiger partial charge in [0.15, 0.2) is 0 Å². The summed E-state index contributed by atoms with van der Waals surface area (Å²) in [4.78, 5) is 0. The van der Waals surface area contributed by atoms with E-state index in [1.54, 1.807) is 0 Å². The molecule has 0 bridgehead atoms. The monoisotopic (exact) mass is 638 g/mol. The molecule has 0 aliphatic heterocycles. The Kier molecular flexibility index (Phi) is 20.9. The zero-order valence-corrected chi connectivity index (χ0v) is 24.2. The smallest absolute Gasteiger partial charge is 0.149 e. The van der Waals surface area contributed by atoms with Crippen molar-refractivity contribution < 1.29 is 14.2 Å². The molecule has 5 heteroatoms. The van der Waals surface area contributed by atoms with Crippen LogP contribution in [0.25, 0.3) is 0 Å². The summed E-state index contributed by atoms with van der Waals surface area (Å²) in [5.41, 5.74) is 0. The lowest BCUT2D eigenvalue weighted by Crippen LogP contribution is -2.10. The Morgan fingerprint density at radius 1 is 0.517 bits per heavy atom. The SMILES string of the molecule is CC(I)CC(C)CC(C)CCCOCOCOCCCC(C)CC(C)CC(C)I. The second kappa shape index (κ2) is 20.0. The Balaban J connectivity index is 3.39. The molecule has 29 heavy (non-hydrogen) atoms. The van der Waals surface area contributed by atoms with Gasteiger partial charge in [-0.15, -0.1) is 0 Å². The van der Waals surface area contributed by atoms with Crippen molar-refractivity contribution in [2.75, 3.05) is 26.8 Å². The fraction of sp³-hybridized carbons (Fsp3) is 1.00. The molecule has 0 aromatic carbocycles. The van der Waals surface area contributed by atoms with E-state index in [-0.39, 0.29) is 0 Å². The van der Waals surface area contributed by atoms with Gasteiger partial charge in [-0.05, 0) is 75.0 Å². The molecule has 0 rings (SSSR count). The highest BCUT2D eigenvalue weighted by Gasteiger charge is 2.12. The Morgan fingerprint density at radius 3 is 1.24 bits per heavy atom. The third kappa shape index (κ3) is 22.3. The molecule has 0 N–H and O–H groups in total. The molecule has 0 amide bonds. The Hall–Kier alpha value is 1.34. The molecule has 0 saturated carbocycles. The first-order valence-corrected chi connectivity index (χ1v) is 14.2. The van der Waals surface area contributed by atoms with Crippen LogP contribution in [0.2, 0.25) is 0 Å². The zero-order chi connectivity index (χ0) is 22.1. The summed E-state index contributed by atoms with van der Waals surface area (Å²) in [6, 6.07) is 0. The molecule has 0 heterocycles. The average molecular weight is 638 g/mol. The van der Waals surface area contributed by atoms with Crippen molar-refractivity contribution >= 4 is 45.2 Å². The number of halogens is 2. The predicted molar refractivity (Wildman–Crippen MR) is 143 cm³/mol. The zero-order valence-electron chi connectivity index (χ0n) is 19.9. The molecular formula is C24H48I2O3. The quantitative estimate of drug-likeness (QED) is 0.0582. The predicted octanol–water partition coefficient (Wildman–Crippen LogP) is 8.26. The Labute approximate surface area is 209 Å². The molecule has 0 aliphatic carbocycles. The van der Waals surface area contributed by atoms with E-state index in [0.717, 1.165) is 57.6 Å². The Morgan fingerprint density at radius 2 is 0.897 bits per heavy atom. The van der Waals surface area contributed by atoms with E-state index in [1.165, 1.54) is 38.5 Å². The summed E-state index contributed by atoms with van der Waals surface area (Å²) < 4.78 is 18.1. The van der Waals surface area contributed by atoms with Crippen LogP contribution in [0.3, 0.4) is 0 Å². The van der Waals surface area contributed by atoms with Crippen LogP contribution in [0.15, 0.2) is 0 Å². The van der Waals surface area contributed by atoms with Gasteiger partial charge in [-0.1, -0.05) is 86.7 Å². The van der Waals surface area contributed by atoms with Crippen molar-refractivity contribution in [2.24, 2.45) is 23.7 Å². The van der Waals surface area contributed by atoms with E-state index in [4.69, 9.17) is 14.2 Å². The van der Waals surface area contributed by atoms with Gasteiger partial charge >= 0.3 is 0 Å². The van der Waals surface area contributed by atoms with Gasteiger partial charge in [0, 0.05) is 21.1 Å². The Bertz CT molecular complexity index is 321. The summed E-state index contributed by atoms with van der Waals surface area (Å²) in [6.07, 6.45) is 10.0. The second-order valence-corrected chi connectivity index (χ2v) is 13.7.